The minimum atomic E-state index is 0.106. The Bertz CT molecular complexity index is 499. The fraction of sp³-hybridized carbons (Fsp3) is 0.812. The van der Waals surface area contributed by atoms with Gasteiger partial charge in [-0.05, 0) is 19.4 Å². The Labute approximate surface area is 143 Å². The Kier molecular flexibility index (Phi) is 6.03. The Morgan fingerprint density at radius 1 is 1.12 bits per heavy atom. The van der Waals surface area contributed by atoms with Gasteiger partial charge in [0.25, 0.3) is 0 Å². The first-order chi connectivity index (χ1) is 11.7. The number of likely N-dealkylation sites (tertiary alicyclic amines) is 1. The van der Waals surface area contributed by atoms with Gasteiger partial charge in [-0.2, -0.15) is 5.10 Å². The van der Waals surface area contributed by atoms with Crippen molar-refractivity contribution in [1.82, 2.24) is 34.8 Å². The molecular formula is C16H29N7O. The summed E-state index contributed by atoms with van der Waals surface area (Å²) in [4.78, 5) is 23.2. The third-order valence-electron chi connectivity index (χ3n) is 4.91. The molecule has 0 aliphatic carbocycles. The first-order valence-electron chi connectivity index (χ1n) is 9.07. The number of hydrogen-bond acceptors (Lipinski definition) is 5. The van der Waals surface area contributed by atoms with Crippen LogP contribution < -0.4 is 5.32 Å². The summed E-state index contributed by atoms with van der Waals surface area (Å²) < 4.78 is 1.85. The minimum absolute atomic E-state index is 0.106. The van der Waals surface area contributed by atoms with Crippen molar-refractivity contribution in [2.45, 2.75) is 32.4 Å². The van der Waals surface area contributed by atoms with E-state index in [1.54, 1.807) is 12.7 Å². The molecule has 1 atom stereocenters. The Hall–Kier alpha value is -1.67. The van der Waals surface area contributed by atoms with Gasteiger partial charge in [-0.1, -0.05) is 6.92 Å². The maximum atomic E-state index is 12.4. The molecule has 2 saturated heterocycles. The van der Waals surface area contributed by atoms with Gasteiger partial charge in [0.2, 0.25) is 0 Å². The lowest BCUT2D eigenvalue weighted by Crippen LogP contribution is -2.54. The summed E-state index contributed by atoms with van der Waals surface area (Å²) in [5, 5.41) is 7.33. The zero-order valence-electron chi connectivity index (χ0n) is 14.6. The summed E-state index contributed by atoms with van der Waals surface area (Å²) in [6, 6.07) is 0.420. The van der Waals surface area contributed by atoms with Crippen molar-refractivity contribution in [3.05, 3.63) is 12.7 Å². The lowest BCUT2D eigenvalue weighted by molar-refractivity contribution is 0.134. The Morgan fingerprint density at radius 3 is 2.67 bits per heavy atom. The van der Waals surface area contributed by atoms with Crippen molar-refractivity contribution in [2.75, 3.05) is 52.4 Å². The molecule has 0 unspecified atom stereocenters. The third-order valence-corrected chi connectivity index (χ3v) is 4.91. The molecule has 2 aliphatic rings. The van der Waals surface area contributed by atoms with Gasteiger partial charge in [0, 0.05) is 51.9 Å². The first kappa shape index (κ1) is 17.2. The molecule has 3 rings (SSSR count). The van der Waals surface area contributed by atoms with Crippen LogP contribution in [0, 0.1) is 0 Å². The molecule has 134 valence electrons. The predicted octanol–water partition coefficient (Wildman–Crippen LogP) is 0.0896. The largest absolute Gasteiger partial charge is 0.334 e. The molecule has 2 fully saturated rings. The van der Waals surface area contributed by atoms with E-state index in [0.717, 1.165) is 65.3 Å². The van der Waals surface area contributed by atoms with Crippen LogP contribution in [0.2, 0.25) is 0 Å². The number of nitrogens with one attached hydrogen (secondary N) is 1. The SMILES string of the molecule is CCCN1CC[C@@H](NC(=O)N2CCN(CCn3cncn3)CC2)C1. The van der Waals surface area contributed by atoms with Crippen LogP contribution in [0.15, 0.2) is 12.7 Å². The summed E-state index contributed by atoms with van der Waals surface area (Å²) in [5.41, 5.74) is 0. The van der Waals surface area contributed by atoms with Crippen LogP contribution >= 0.6 is 0 Å². The van der Waals surface area contributed by atoms with E-state index in [1.807, 2.05) is 9.58 Å². The van der Waals surface area contributed by atoms with Crippen LogP contribution in [0.5, 0.6) is 0 Å². The highest BCUT2D eigenvalue weighted by molar-refractivity contribution is 5.74. The van der Waals surface area contributed by atoms with E-state index in [1.165, 1.54) is 6.42 Å². The van der Waals surface area contributed by atoms with Gasteiger partial charge < -0.3 is 15.1 Å². The highest BCUT2D eigenvalue weighted by Crippen LogP contribution is 2.10. The number of aromatic nitrogens is 3. The van der Waals surface area contributed by atoms with E-state index in [9.17, 15) is 4.79 Å². The van der Waals surface area contributed by atoms with Crippen molar-refractivity contribution in [1.29, 1.82) is 0 Å². The fourth-order valence-electron chi connectivity index (χ4n) is 3.50. The monoisotopic (exact) mass is 335 g/mol. The molecule has 0 bridgehead atoms. The second kappa shape index (κ2) is 8.43. The third kappa shape index (κ3) is 4.67. The molecular weight excluding hydrogens is 306 g/mol. The smallest absolute Gasteiger partial charge is 0.317 e. The average Bonchev–Trinajstić information content (AvgIpc) is 3.26. The lowest BCUT2D eigenvalue weighted by atomic mass is 10.2. The van der Waals surface area contributed by atoms with Gasteiger partial charge in [0.1, 0.15) is 12.7 Å². The normalized spacial score (nSPS) is 22.9. The van der Waals surface area contributed by atoms with Gasteiger partial charge in [-0.3, -0.25) is 9.58 Å². The van der Waals surface area contributed by atoms with E-state index in [4.69, 9.17) is 0 Å². The van der Waals surface area contributed by atoms with E-state index in [0.29, 0.717) is 6.04 Å². The van der Waals surface area contributed by atoms with Crippen molar-refractivity contribution in [2.24, 2.45) is 0 Å². The highest BCUT2D eigenvalue weighted by Gasteiger charge is 2.26. The van der Waals surface area contributed by atoms with Crippen LogP contribution in [0.25, 0.3) is 0 Å². The lowest BCUT2D eigenvalue weighted by Gasteiger charge is -2.35. The molecule has 0 saturated carbocycles. The maximum absolute atomic E-state index is 12.4. The second-order valence-electron chi connectivity index (χ2n) is 6.72. The molecule has 1 N–H and O–H groups in total. The number of hydrogen-bond donors (Lipinski definition) is 1. The van der Waals surface area contributed by atoms with Crippen LogP contribution in [0.4, 0.5) is 4.79 Å². The summed E-state index contributed by atoms with van der Waals surface area (Å²) >= 11 is 0. The van der Waals surface area contributed by atoms with Crippen LogP contribution in [-0.4, -0.2) is 93.9 Å². The number of carbonyl (C=O) groups excluding carboxylic acids is 1. The van der Waals surface area contributed by atoms with Gasteiger partial charge in [-0.15, -0.1) is 0 Å². The first-order valence-corrected chi connectivity index (χ1v) is 9.07. The second-order valence-corrected chi connectivity index (χ2v) is 6.72. The van der Waals surface area contributed by atoms with Gasteiger partial charge in [0.15, 0.2) is 0 Å². The van der Waals surface area contributed by atoms with Crippen molar-refractivity contribution >= 4 is 6.03 Å². The van der Waals surface area contributed by atoms with Gasteiger partial charge >= 0.3 is 6.03 Å². The number of rotatable bonds is 6. The molecule has 3 heterocycles. The molecule has 1 aromatic rings. The molecule has 8 heteroatoms. The summed E-state index contributed by atoms with van der Waals surface area (Å²) in [6.45, 7) is 10.7. The Morgan fingerprint density at radius 2 is 1.96 bits per heavy atom. The molecule has 0 spiro atoms. The van der Waals surface area contributed by atoms with Crippen molar-refractivity contribution in [3.63, 3.8) is 0 Å². The van der Waals surface area contributed by atoms with Gasteiger partial charge in [0.05, 0.1) is 6.54 Å². The quantitative estimate of drug-likeness (QED) is 0.798. The van der Waals surface area contributed by atoms with Crippen LogP contribution in [0.1, 0.15) is 19.8 Å². The maximum Gasteiger partial charge on any atom is 0.317 e. The van der Waals surface area contributed by atoms with E-state index < -0.39 is 0 Å². The number of amides is 2. The van der Waals surface area contributed by atoms with E-state index in [2.05, 4.69) is 32.1 Å². The zero-order valence-corrected chi connectivity index (χ0v) is 14.6. The fourth-order valence-corrected chi connectivity index (χ4v) is 3.50. The van der Waals surface area contributed by atoms with E-state index >= 15 is 0 Å². The number of urea groups is 1. The standard InChI is InChI=1S/C16H29N7O/c1-2-4-21-5-3-15(12-21)19-16(24)22-9-6-20(7-10-22)8-11-23-14-17-13-18-23/h13-15H,2-12H2,1H3,(H,19,24)/t15-/m1/s1. The van der Waals surface area contributed by atoms with Crippen LogP contribution in [-0.2, 0) is 6.54 Å². The minimum Gasteiger partial charge on any atom is -0.334 e. The molecule has 2 aliphatic heterocycles. The summed E-state index contributed by atoms with van der Waals surface area (Å²) in [7, 11) is 0. The molecule has 2 amide bonds. The highest BCUT2D eigenvalue weighted by atomic mass is 16.2. The number of carbonyl (C=O) groups is 1. The number of nitrogens with zero attached hydrogens (tertiary/aromatic N) is 6. The molecule has 24 heavy (non-hydrogen) atoms. The topological polar surface area (TPSA) is 69.5 Å². The summed E-state index contributed by atoms with van der Waals surface area (Å²) in [6.07, 6.45) is 5.56. The van der Waals surface area contributed by atoms with Crippen LogP contribution in [0.3, 0.4) is 0 Å². The van der Waals surface area contributed by atoms with E-state index in [-0.39, 0.29) is 6.03 Å². The molecule has 0 radical (unpaired) electrons. The number of piperazine rings is 1. The Balaban J connectivity index is 1.34. The van der Waals surface area contributed by atoms with Crippen molar-refractivity contribution in [3.8, 4) is 0 Å². The molecule has 1 aromatic heterocycles. The molecule has 8 nitrogen and oxygen atoms in total. The zero-order chi connectivity index (χ0) is 16.8. The summed E-state index contributed by atoms with van der Waals surface area (Å²) in [5.74, 6) is 0. The average molecular weight is 335 g/mol. The molecule has 0 aromatic carbocycles. The van der Waals surface area contributed by atoms with Crippen molar-refractivity contribution < 1.29 is 4.79 Å². The predicted molar refractivity (Wildman–Crippen MR) is 91.7 cm³/mol. The van der Waals surface area contributed by atoms with Gasteiger partial charge in [-0.25, -0.2) is 9.78 Å².